The van der Waals surface area contributed by atoms with Crippen molar-refractivity contribution >= 4 is 29.2 Å². The van der Waals surface area contributed by atoms with Crippen molar-refractivity contribution < 1.29 is 4.79 Å². The Balaban J connectivity index is 1.43. The minimum atomic E-state index is -0.224. The van der Waals surface area contributed by atoms with Crippen LogP contribution in [-0.2, 0) is 18.4 Å². The van der Waals surface area contributed by atoms with Crippen molar-refractivity contribution in [3.63, 3.8) is 0 Å². The number of fused-ring (bicyclic) bond motifs is 1. The van der Waals surface area contributed by atoms with Crippen LogP contribution in [0.4, 0.5) is 23.3 Å². The first kappa shape index (κ1) is 21.3. The van der Waals surface area contributed by atoms with Crippen LogP contribution in [0.2, 0.25) is 0 Å². The van der Waals surface area contributed by atoms with Crippen LogP contribution in [0.1, 0.15) is 53.9 Å². The fourth-order valence-electron chi connectivity index (χ4n) is 4.05. The number of hydrogen-bond acceptors (Lipinski definition) is 7. The van der Waals surface area contributed by atoms with E-state index in [9.17, 15) is 4.79 Å². The first-order chi connectivity index (χ1) is 16.0. The second kappa shape index (κ2) is 8.78. The van der Waals surface area contributed by atoms with Crippen molar-refractivity contribution in [1.29, 1.82) is 0 Å². The van der Waals surface area contributed by atoms with Crippen LogP contribution in [0.15, 0.2) is 42.6 Å². The monoisotopic (exact) mass is 443 g/mol. The molecule has 33 heavy (non-hydrogen) atoms. The van der Waals surface area contributed by atoms with Gasteiger partial charge < -0.3 is 21.3 Å². The molecule has 1 saturated carbocycles. The summed E-state index contributed by atoms with van der Waals surface area (Å²) in [5.41, 5.74) is 5.16. The lowest BCUT2D eigenvalue weighted by atomic mass is 10.0. The molecule has 2 aliphatic rings. The largest absolute Gasteiger partial charge is 0.352 e. The fourth-order valence-corrected chi connectivity index (χ4v) is 4.05. The van der Waals surface area contributed by atoms with Crippen molar-refractivity contribution in [3.05, 3.63) is 65.0 Å². The highest BCUT2D eigenvalue weighted by Gasteiger charge is 2.40. The van der Waals surface area contributed by atoms with E-state index < -0.39 is 0 Å². The molecule has 4 N–H and O–H groups in total. The summed E-state index contributed by atoms with van der Waals surface area (Å²) in [6.07, 6.45) is 4.84. The summed E-state index contributed by atoms with van der Waals surface area (Å²) in [4.78, 5) is 26.5. The fraction of sp³-hybridized carbons (Fsp3) is 0.360. The van der Waals surface area contributed by atoms with E-state index in [1.165, 1.54) is 11.1 Å². The molecule has 0 radical (unpaired) electrons. The molecule has 1 aliphatic carbocycles. The van der Waals surface area contributed by atoms with Gasteiger partial charge in [0.2, 0.25) is 5.95 Å². The highest BCUT2D eigenvalue weighted by atomic mass is 16.1. The number of hydrogen-bond donors (Lipinski definition) is 4. The van der Waals surface area contributed by atoms with Crippen molar-refractivity contribution in [3.8, 4) is 0 Å². The van der Waals surface area contributed by atoms with E-state index in [0.717, 1.165) is 43.7 Å². The van der Waals surface area contributed by atoms with Crippen LogP contribution in [0.25, 0.3) is 0 Å². The Labute approximate surface area is 193 Å². The van der Waals surface area contributed by atoms with Gasteiger partial charge >= 0.3 is 0 Å². The van der Waals surface area contributed by atoms with Gasteiger partial charge in [-0.05, 0) is 68.1 Å². The zero-order valence-corrected chi connectivity index (χ0v) is 19.0. The summed E-state index contributed by atoms with van der Waals surface area (Å²) in [7, 11) is 0. The smallest absolute Gasteiger partial charge is 0.256 e. The van der Waals surface area contributed by atoms with E-state index >= 15 is 0 Å². The first-order valence-corrected chi connectivity index (χ1v) is 11.5. The summed E-state index contributed by atoms with van der Waals surface area (Å²) in [5, 5.41) is 12.8. The molecule has 1 amide bonds. The third-order valence-electron chi connectivity index (χ3n) is 6.33. The van der Waals surface area contributed by atoms with Crippen LogP contribution >= 0.6 is 0 Å². The van der Waals surface area contributed by atoms with Crippen LogP contribution < -0.4 is 21.3 Å². The third-order valence-corrected chi connectivity index (χ3v) is 6.33. The molecule has 8 heteroatoms. The lowest BCUT2D eigenvalue weighted by molar-refractivity contribution is 0.0956. The van der Waals surface area contributed by atoms with Crippen LogP contribution in [0.3, 0.4) is 0 Å². The Morgan fingerprint density at radius 2 is 2.00 bits per heavy atom. The predicted molar refractivity (Wildman–Crippen MR) is 129 cm³/mol. The van der Waals surface area contributed by atoms with Gasteiger partial charge in [-0.3, -0.25) is 4.79 Å². The van der Waals surface area contributed by atoms with Gasteiger partial charge in [0, 0.05) is 36.1 Å². The number of aromatic nitrogens is 3. The van der Waals surface area contributed by atoms with Crippen molar-refractivity contribution in [2.75, 3.05) is 23.7 Å². The molecule has 2 aromatic heterocycles. The van der Waals surface area contributed by atoms with Crippen molar-refractivity contribution in [1.82, 2.24) is 25.6 Å². The normalized spacial score (nSPS) is 15.9. The van der Waals surface area contributed by atoms with E-state index in [1.54, 1.807) is 6.20 Å². The number of anilines is 4. The SMILES string of the molecule is CCNC(=O)c1cnc(Nc2ccc3c(c2)CCNC3)nc1Nc1cccc(C2(C)CC2)n1. The topological polar surface area (TPSA) is 104 Å². The number of nitrogens with zero attached hydrogens (tertiary/aromatic N) is 3. The number of pyridine rings is 1. The molecule has 5 rings (SSSR count). The number of benzene rings is 1. The maximum atomic E-state index is 12.6. The molecule has 3 aromatic rings. The lowest BCUT2D eigenvalue weighted by Crippen LogP contribution is -2.24. The molecular formula is C25H29N7O. The Hall–Kier alpha value is -3.52. The number of carbonyl (C=O) groups is 1. The minimum absolute atomic E-state index is 0.153. The van der Waals surface area contributed by atoms with Gasteiger partial charge in [0.25, 0.3) is 5.91 Å². The second-order valence-electron chi connectivity index (χ2n) is 8.94. The molecule has 1 fully saturated rings. The van der Waals surface area contributed by atoms with Gasteiger partial charge in [0.15, 0.2) is 0 Å². The Bertz CT molecular complexity index is 1190. The lowest BCUT2D eigenvalue weighted by Gasteiger charge is -2.18. The van der Waals surface area contributed by atoms with Gasteiger partial charge in [-0.25, -0.2) is 9.97 Å². The Morgan fingerprint density at radius 3 is 2.82 bits per heavy atom. The summed E-state index contributed by atoms with van der Waals surface area (Å²) in [6.45, 7) is 6.50. The average molecular weight is 444 g/mol. The number of rotatable bonds is 7. The summed E-state index contributed by atoms with van der Waals surface area (Å²) < 4.78 is 0. The first-order valence-electron chi connectivity index (χ1n) is 11.5. The second-order valence-corrected chi connectivity index (χ2v) is 8.94. The molecule has 0 saturated heterocycles. The summed E-state index contributed by atoms with van der Waals surface area (Å²) in [6, 6.07) is 12.2. The molecule has 0 atom stereocenters. The van der Waals surface area contributed by atoms with E-state index in [2.05, 4.69) is 56.4 Å². The molecule has 1 aromatic carbocycles. The number of carbonyl (C=O) groups excluding carboxylic acids is 1. The molecule has 1 aliphatic heterocycles. The maximum Gasteiger partial charge on any atom is 0.256 e. The Morgan fingerprint density at radius 1 is 1.12 bits per heavy atom. The molecular weight excluding hydrogens is 414 g/mol. The minimum Gasteiger partial charge on any atom is -0.352 e. The maximum absolute atomic E-state index is 12.6. The zero-order valence-electron chi connectivity index (χ0n) is 19.0. The van der Waals surface area contributed by atoms with Crippen molar-refractivity contribution in [2.45, 2.75) is 45.1 Å². The highest BCUT2D eigenvalue weighted by Crippen LogP contribution is 2.46. The van der Waals surface area contributed by atoms with Gasteiger partial charge in [0.1, 0.15) is 17.2 Å². The Kier molecular flexibility index (Phi) is 5.68. The number of amides is 1. The molecule has 8 nitrogen and oxygen atoms in total. The molecule has 170 valence electrons. The van der Waals surface area contributed by atoms with Crippen LogP contribution in [0, 0.1) is 0 Å². The highest BCUT2D eigenvalue weighted by molar-refractivity contribution is 5.99. The zero-order chi connectivity index (χ0) is 22.8. The van der Waals surface area contributed by atoms with E-state index in [-0.39, 0.29) is 11.3 Å². The molecule has 0 bridgehead atoms. The van der Waals surface area contributed by atoms with Gasteiger partial charge in [-0.15, -0.1) is 0 Å². The van der Waals surface area contributed by atoms with Gasteiger partial charge in [-0.2, -0.15) is 4.98 Å². The molecule has 0 unspecified atom stereocenters. The van der Waals surface area contributed by atoms with Crippen LogP contribution in [-0.4, -0.2) is 33.9 Å². The number of nitrogens with one attached hydrogen (secondary N) is 4. The third kappa shape index (κ3) is 4.66. The van der Waals surface area contributed by atoms with E-state index in [0.29, 0.717) is 29.7 Å². The van der Waals surface area contributed by atoms with E-state index in [4.69, 9.17) is 4.98 Å². The molecule has 3 heterocycles. The van der Waals surface area contributed by atoms with Gasteiger partial charge in [-0.1, -0.05) is 19.1 Å². The summed E-state index contributed by atoms with van der Waals surface area (Å²) >= 11 is 0. The van der Waals surface area contributed by atoms with Gasteiger partial charge in [0.05, 0.1) is 0 Å². The van der Waals surface area contributed by atoms with Crippen molar-refractivity contribution in [2.24, 2.45) is 0 Å². The van der Waals surface area contributed by atoms with Crippen LogP contribution in [0.5, 0.6) is 0 Å². The quantitative estimate of drug-likeness (QED) is 0.440. The standard InChI is InChI=1S/C25H29N7O/c1-3-27-23(33)19-15-28-24(29-18-8-7-17-14-26-12-9-16(17)13-18)32-22(19)31-21-6-4-5-20(30-21)25(2)10-11-25/h4-8,13,15,26H,3,9-12,14H2,1-2H3,(H,27,33)(H2,28,29,30,31,32). The summed E-state index contributed by atoms with van der Waals surface area (Å²) in [5.74, 6) is 1.28. The predicted octanol–water partition coefficient (Wildman–Crippen LogP) is 3.81. The van der Waals surface area contributed by atoms with E-state index in [1.807, 2.05) is 25.1 Å². The average Bonchev–Trinajstić information content (AvgIpc) is 3.58. The molecule has 0 spiro atoms.